The van der Waals surface area contributed by atoms with Gasteiger partial charge in [-0.3, -0.25) is 0 Å². The minimum absolute atomic E-state index is 0.216. The molecule has 5 rings (SSSR count). The summed E-state index contributed by atoms with van der Waals surface area (Å²) in [6.07, 6.45) is 5.13. The zero-order valence-corrected chi connectivity index (χ0v) is 27.8. The lowest BCUT2D eigenvalue weighted by atomic mass is 9.99. The van der Waals surface area contributed by atoms with E-state index in [2.05, 4.69) is 11.7 Å². The van der Waals surface area contributed by atoms with Crippen LogP contribution < -0.4 is 4.74 Å². The molecule has 0 radical (unpaired) electrons. The van der Waals surface area contributed by atoms with E-state index in [0.717, 1.165) is 37.5 Å². The SMILES string of the molecule is CCCCCCCCCCC1COC(c2ccc(-c3cc(F)c(C(F)(F)Oc4ccc(-c5cc(F)c(F)c(F)c5)c(F)c4)c(F)c3)c(F)c2)OC1. The first kappa shape index (κ1) is 38.2. The molecule has 0 aromatic heterocycles. The minimum atomic E-state index is -4.68. The molecule has 0 spiro atoms. The Morgan fingerprint density at radius 1 is 0.608 bits per heavy atom. The second-order valence-corrected chi connectivity index (χ2v) is 12.7. The highest BCUT2D eigenvalue weighted by Crippen LogP contribution is 2.39. The number of rotatable bonds is 15. The number of hydrogen-bond acceptors (Lipinski definition) is 3. The molecule has 0 amide bonds. The lowest BCUT2D eigenvalue weighted by Gasteiger charge is -2.30. The maximum absolute atomic E-state index is 15.2. The highest BCUT2D eigenvalue weighted by atomic mass is 19.3. The fourth-order valence-electron chi connectivity index (χ4n) is 6.09. The van der Waals surface area contributed by atoms with Crippen molar-refractivity contribution in [3.8, 4) is 28.0 Å². The van der Waals surface area contributed by atoms with Gasteiger partial charge in [0.2, 0.25) is 0 Å². The Morgan fingerprint density at radius 3 is 1.67 bits per heavy atom. The number of halogens is 9. The van der Waals surface area contributed by atoms with E-state index in [0.29, 0.717) is 49.1 Å². The molecular weight excluding hydrogens is 687 g/mol. The first-order valence-electron chi connectivity index (χ1n) is 16.9. The Balaban J connectivity index is 1.20. The molecule has 0 N–H and O–H groups in total. The van der Waals surface area contributed by atoms with Crippen LogP contribution in [0.2, 0.25) is 0 Å². The van der Waals surface area contributed by atoms with Crippen LogP contribution >= 0.6 is 0 Å². The smallest absolute Gasteiger partial charge is 0.429 e. The van der Waals surface area contributed by atoms with Crippen molar-refractivity contribution in [2.45, 2.75) is 77.1 Å². The number of unbranched alkanes of at least 4 members (excludes halogenated alkanes) is 7. The zero-order valence-electron chi connectivity index (χ0n) is 27.8. The van der Waals surface area contributed by atoms with E-state index in [1.807, 2.05) is 0 Å². The lowest BCUT2D eigenvalue weighted by molar-refractivity contribution is -0.206. The van der Waals surface area contributed by atoms with E-state index in [9.17, 15) is 17.6 Å². The third-order valence-corrected chi connectivity index (χ3v) is 8.82. The summed E-state index contributed by atoms with van der Waals surface area (Å²) in [4.78, 5) is 0. The van der Waals surface area contributed by atoms with Gasteiger partial charge in [-0.05, 0) is 60.0 Å². The van der Waals surface area contributed by atoms with Gasteiger partial charge in [0.25, 0.3) is 0 Å². The minimum Gasteiger partial charge on any atom is -0.429 e. The van der Waals surface area contributed by atoms with Gasteiger partial charge in [0.1, 0.15) is 34.6 Å². The molecule has 0 bridgehead atoms. The zero-order chi connectivity index (χ0) is 36.7. The summed E-state index contributed by atoms with van der Waals surface area (Å²) >= 11 is 0. The largest absolute Gasteiger partial charge is 0.432 e. The van der Waals surface area contributed by atoms with Crippen LogP contribution in [-0.4, -0.2) is 13.2 Å². The molecule has 51 heavy (non-hydrogen) atoms. The van der Waals surface area contributed by atoms with Gasteiger partial charge in [0, 0.05) is 28.7 Å². The van der Waals surface area contributed by atoms with Crippen molar-refractivity contribution in [2.24, 2.45) is 5.92 Å². The molecular formula is C39H37F9O3. The summed E-state index contributed by atoms with van der Waals surface area (Å²) in [7, 11) is 0. The van der Waals surface area contributed by atoms with Crippen molar-refractivity contribution < 1.29 is 53.7 Å². The van der Waals surface area contributed by atoms with Gasteiger partial charge in [-0.15, -0.1) is 0 Å². The van der Waals surface area contributed by atoms with Crippen LogP contribution in [0.5, 0.6) is 5.75 Å². The molecule has 1 heterocycles. The topological polar surface area (TPSA) is 27.7 Å². The first-order valence-corrected chi connectivity index (χ1v) is 16.9. The van der Waals surface area contributed by atoms with E-state index in [4.69, 9.17) is 9.47 Å². The Hall–Kier alpha value is -4.03. The Morgan fingerprint density at radius 2 is 1.12 bits per heavy atom. The summed E-state index contributed by atoms with van der Waals surface area (Å²) in [5, 5.41) is 0. The molecule has 0 saturated carbocycles. The van der Waals surface area contributed by atoms with Gasteiger partial charge >= 0.3 is 6.11 Å². The number of benzene rings is 4. The molecule has 3 nitrogen and oxygen atoms in total. The molecule has 4 aromatic carbocycles. The number of hydrogen-bond donors (Lipinski definition) is 0. The van der Waals surface area contributed by atoms with Crippen molar-refractivity contribution in [1.82, 2.24) is 0 Å². The van der Waals surface area contributed by atoms with E-state index >= 15 is 22.0 Å². The van der Waals surface area contributed by atoms with Crippen molar-refractivity contribution in [3.63, 3.8) is 0 Å². The van der Waals surface area contributed by atoms with Crippen molar-refractivity contribution in [1.29, 1.82) is 0 Å². The van der Waals surface area contributed by atoms with Gasteiger partial charge in [0.05, 0.1) is 13.2 Å². The third kappa shape index (κ3) is 9.45. The van der Waals surface area contributed by atoms with Gasteiger partial charge < -0.3 is 14.2 Å². The van der Waals surface area contributed by atoms with E-state index < -0.39 is 75.6 Å². The summed E-state index contributed by atoms with van der Waals surface area (Å²) in [5.41, 5.74) is -3.06. The van der Waals surface area contributed by atoms with E-state index in [1.54, 1.807) is 0 Å². The second-order valence-electron chi connectivity index (χ2n) is 12.7. The van der Waals surface area contributed by atoms with Crippen LogP contribution in [0.25, 0.3) is 22.3 Å². The normalized spacial score (nSPS) is 16.4. The predicted molar refractivity (Wildman–Crippen MR) is 173 cm³/mol. The highest BCUT2D eigenvalue weighted by Gasteiger charge is 2.41. The third-order valence-electron chi connectivity index (χ3n) is 8.82. The van der Waals surface area contributed by atoms with Gasteiger partial charge in [-0.1, -0.05) is 70.4 Å². The Bertz CT molecular complexity index is 1760. The van der Waals surface area contributed by atoms with Crippen LogP contribution in [0.4, 0.5) is 39.5 Å². The first-order chi connectivity index (χ1) is 24.4. The average molecular weight is 725 g/mol. The number of alkyl halides is 2. The van der Waals surface area contributed by atoms with E-state index in [1.165, 1.54) is 50.7 Å². The summed E-state index contributed by atoms with van der Waals surface area (Å²) < 4.78 is 147. The van der Waals surface area contributed by atoms with Crippen LogP contribution in [0.1, 0.15) is 82.1 Å². The summed E-state index contributed by atoms with van der Waals surface area (Å²) in [6.45, 7) is 3.06. The molecule has 1 aliphatic rings. The van der Waals surface area contributed by atoms with Gasteiger partial charge in [0.15, 0.2) is 23.7 Å². The average Bonchev–Trinajstić information content (AvgIpc) is 3.08. The Kier molecular flexibility index (Phi) is 12.7. The highest BCUT2D eigenvalue weighted by molar-refractivity contribution is 5.66. The Labute approximate surface area is 290 Å². The van der Waals surface area contributed by atoms with Gasteiger partial charge in [-0.2, -0.15) is 8.78 Å². The van der Waals surface area contributed by atoms with Crippen molar-refractivity contribution >= 4 is 0 Å². The van der Waals surface area contributed by atoms with Gasteiger partial charge in [-0.25, -0.2) is 30.7 Å². The van der Waals surface area contributed by atoms with Crippen LogP contribution in [-0.2, 0) is 15.6 Å². The standard InChI is InChI=1S/C39H37F9O3/c1-2-3-4-5-6-7-8-9-10-23-21-49-38(50-22-23)24-11-13-28(30(40)15-24)25-16-32(42)36(33(43)17-25)39(47,48)51-27-12-14-29(31(41)20-27)26-18-34(44)37(46)35(45)19-26/h11-20,23,38H,2-10,21-22H2,1H3. The van der Waals surface area contributed by atoms with Crippen LogP contribution in [0, 0.1) is 46.6 Å². The molecule has 12 heteroatoms. The van der Waals surface area contributed by atoms with E-state index in [-0.39, 0.29) is 17.0 Å². The fraction of sp³-hybridized carbons (Fsp3) is 0.385. The monoisotopic (exact) mass is 724 g/mol. The molecule has 1 saturated heterocycles. The molecule has 1 aliphatic heterocycles. The maximum atomic E-state index is 15.2. The molecule has 0 unspecified atom stereocenters. The van der Waals surface area contributed by atoms with Crippen molar-refractivity contribution in [2.75, 3.05) is 13.2 Å². The molecule has 0 atom stereocenters. The lowest BCUT2D eigenvalue weighted by Crippen LogP contribution is -2.27. The van der Waals surface area contributed by atoms with Crippen LogP contribution in [0.15, 0.2) is 60.7 Å². The molecule has 0 aliphatic carbocycles. The predicted octanol–water partition coefficient (Wildman–Crippen LogP) is 12.3. The van der Waals surface area contributed by atoms with Crippen molar-refractivity contribution in [3.05, 3.63) is 113 Å². The maximum Gasteiger partial charge on any atom is 0.432 e. The quantitative estimate of drug-likeness (QED) is 0.0694. The molecule has 4 aromatic rings. The van der Waals surface area contributed by atoms with Crippen LogP contribution in [0.3, 0.4) is 0 Å². The summed E-state index contributed by atoms with van der Waals surface area (Å²) in [5.74, 6) is -11.4. The summed E-state index contributed by atoms with van der Waals surface area (Å²) in [6, 6.07) is 7.79. The molecule has 1 fully saturated rings. The second kappa shape index (κ2) is 17.0. The molecule has 274 valence electrons. The fourth-order valence-corrected chi connectivity index (χ4v) is 6.09. The number of ether oxygens (including phenoxy) is 3.